The van der Waals surface area contributed by atoms with Crippen LogP contribution < -0.4 is 15.2 Å². The summed E-state index contributed by atoms with van der Waals surface area (Å²) in [6, 6.07) is 10.1. The molecule has 100 valence electrons. The van der Waals surface area contributed by atoms with Crippen LogP contribution >= 0.6 is 0 Å². The van der Waals surface area contributed by atoms with Crippen molar-refractivity contribution in [2.75, 3.05) is 12.8 Å². The highest BCUT2D eigenvalue weighted by atomic mass is 19.1. The zero-order valence-electron chi connectivity index (χ0n) is 10.9. The lowest BCUT2D eigenvalue weighted by molar-refractivity contribution is 0.299. The molecule has 0 atom stereocenters. The van der Waals surface area contributed by atoms with Crippen LogP contribution in [-0.4, -0.2) is 7.11 Å². The molecule has 0 fully saturated rings. The topological polar surface area (TPSA) is 44.5 Å². The summed E-state index contributed by atoms with van der Waals surface area (Å²) >= 11 is 0. The number of hydrogen-bond donors (Lipinski definition) is 1. The summed E-state index contributed by atoms with van der Waals surface area (Å²) in [5, 5.41) is 0. The van der Waals surface area contributed by atoms with Gasteiger partial charge in [-0.2, -0.15) is 0 Å². The van der Waals surface area contributed by atoms with E-state index in [1.54, 1.807) is 24.3 Å². The van der Waals surface area contributed by atoms with Crippen LogP contribution in [-0.2, 0) is 6.61 Å². The van der Waals surface area contributed by atoms with Crippen molar-refractivity contribution in [1.82, 2.24) is 0 Å². The van der Waals surface area contributed by atoms with E-state index in [9.17, 15) is 4.39 Å². The number of rotatable bonds is 4. The molecule has 0 amide bonds. The monoisotopic (exact) mass is 261 g/mol. The maximum atomic E-state index is 13.7. The Morgan fingerprint density at radius 2 is 1.84 bits per heavy atom. The van der Waals surface area contributed by atoms with E-state index >= 15 is 0 Å². The van der Waals surface area contributed by atoms with Gasteiger partial charge in [0.2, 0.25) is 0 Å². The van der Waals surface area contributed by atoms with Crippen LogP contribution in [0, 0.1) is 12.7 Å². The number of methoxy groups -OCH3 is 1. The minimum Gasteiger partial charge on any atom is -0.497 e. The third-order valence-corrected chi connectivity index (χ3v) is 2.90. The lowest BCUT2D eigenvalue weighted by atomic mass is 10.2. The normalized spacial score (nSPS) is 10.3. The second-order valence-electron chi connectivity index (χ2n) is 4.26. The Bertz CT molecular complexity index is 584. The van der Waals surface area contributed by atoms with Gasteiger partial charge in [-0.15, -0.1) is 0 Å². The molecule has 3 nitrogen and oxygen atoms in total. The van der Waals surface area contributed by atoms with Crippen LogP contribution in [0.5, 0.6) is 11.5 Å². The molecule has 2 N–H and O–H groups in total. The minimum atomic E-state index is -0.341. The van der Waals surface area contributed by atoms with Crippen molar-refractivity contribution in [3.63, 3.8) is 0 Å². The molecule has 2 rings (SSSR count). The fourth-order valence-corrected chi connectivity index (χ4v) is 1.67. The molecule has 19 heavy (non-hydrogen) atoms. The van der Waals surface area contributed by atoms with E-state index < -0.39 is 0 Å². The number of ether oxygens (including phenoxy) is 2. The van der Waals surface area contributed by atoms with Gasteiger partial charge < -0.3 is 15.2 Å². The number of hydrogen-bond acceptors (Lipinski definition) is 3. The Hall–Kier alpha value is -2.23. The molecule has 0 radical (unpaired) electrons. The Morgan fingerprint density at radius 3 is 2.47 bits per heavy atom. The molecule has 0 bridgehead atoms. The second-order valence-corrected chi connectivity index (χ2v) is 4.26. The molecule has 0 unspecified atom stereocenters. The van der Waals surface area contributed by atoms with Crippen molar-refractivity contribution >= 4 is 5.69 Å². The van der Waals surface area contributed by atoms with E-state index in [0.717, 1.165) is 5.56 Å². The van der Waals surface area contributed by atoms with Gasteiger partial charge in [0, 0.05) is 17.3 Å². The Balaban J connectivity index is 2.07. The average molecular weight is 261 g/mol. The maximum Gasteiger partial charge on any atom is 0.133 e. The van der Waals surface area contributed by atoms with Crippen LogP contribution in [0.25, 0.3) is 0 Å². The lowest BCUT2D eigenvalue weighted by Crippen LogP contribution is -2.00. The SMILES string of the molecule is COc1ccc(COc2ccc(N)c(C)c2)c(F)c1. The van der Waals surface area contributed by atoms with Gasteiger partial charge in [-0.1, -0.05) is 0 Å². The molecule has 2 aromatic rings. The average Bonchev–Trinajstić information content (AvgIpc) is 2.41. The van der Waals surface area contributed by atoms with Gasteiger partial charge in [-0.05, 0) is 42.8 Å². The summed E-state index contributed by atoms with van der Waals surface area (Å²) in [5.74, 6) is 0.818. The number of aryl methyl sites for hydroxylation is 1. The van der Waals surface area contributed by atoms with Crippen LogP contribution in [0.4, 0.5) is 10.1 Å². The Kier molecular flexibility index (Phi) is 3.90. The molecule has 4 heteroatoms. The summed E-state index contributed by atoms with van der Waals surface area (Å²) in [5.41, 5.74) is 7.85. The highest BCUT2D eigenvalue weighted by Gasteiger charge is 2.05. The molecular weight excluding hydrogens is 245 g/mol. The van der Waals surface area contributed by atoms with Gasteiger partial charge in [-0.25, -0.2) is 4.39 Å². The zero-order valence-corrected chi connectivity index (χ0v) is 10.9. The van der Waals surface area contributed by atoms with E-state index in [1.165, 1.54) is 13.2 Å². The van der Waals surface area contributed by atoms with Crippen molar-refractivity contribution in [1.29, 1.82) is 0 Å². The first kappa shape index (κ1) is 13.2. The van der Waals surface area contributed by atoms with E-state index in [-0.39, 0.29) is 12.4 Å². The highest BCUT2D eigenvalue weighted by molar-refractivity contribution is 5.49. The molecule has 0 aliphatic heterocycles. The fourth-order valence-electron chi connectivity index (χ4n) is 1.67. The summed E-state index contributed by atoms with van der Waals surface area (Å²) < 4.78 is 24.2. The van der Waals surface area contributed by atoms with Crippen molar-refractivity contribution in [2.24, 2.45) is 0 Å². The Morgan fingerprint density at radius 1 is 1.11 bits per heavy atom. The number of nitrogens with two attached hydrogens (primary N) is 1. The maximum absolute atomic E-state index is 13.7. The van der Waals surface area contributed by atoms with E-state index in [2.05, 4.69) is 0 Å². The van der Waals surface area contributed by atoms with Crippen molar-refractivity contribution in [3.05, 3.63) is 53.3 Å². The Labute approximate surface area is 111 Å². The molecule has 0 aliphatic carbocycles. The zero-order chi connectivity index (χ0) is 13.8. The molecule has 0 heterocycles. The summed E-state index contributed by atoms with van der Waals surface area (Å²) in [6.45, 7) is 2.06. The van der Waals surface area contributed by atoms with Gasteiger partial charge in [0.1, 0.15) is 23.9 Å². The van der Waals surface area contributed by atoms with Crippen LogP contribution in [0.15, 0.2) is 36.4 Å². The summed E-state index contributed by atoms with van der Waals surface area (Å²) in [7, 11) is 1.50. The third kappa shape index (κ3) is 3.16. The van der Waals surface area contributed by atoms with Gasteiger partial charge in [0.05, 0.1) is 7.11 Å². The molecule has 0 saturated heterocycles. The lowest BCUT2D eigenvalue weighted by Gasteiger charge is -2.09. The van der Waals surface area contributed by atoms with Crippen LogP contribution in [0.2, 0.25) is 0 Å². The second kappa shape index (κ2) is 5.61. The standard InChI is InChI=1S/C15H16FNO2/c1-10-7-13(5-6-15(10)17)19-9-11-3-4-12(18-2)8-14(11)16/h3-8H,9,17H2,1-2H3. The first-order valence-corrected chi connectivity index (χ1v) is 5.91. The van der Waals surface area contributed by atoms with Crippen molar-refractivity contribution in [2.45, 2.75) is 13.5 Å². The highest BCUT2D eigenvalue weighted by Crippen LogP contribution is 2.21. The smallest absolute Gasteiger partial charge is 0.133 e. The predicted octanol–water partition coefficient (Wildman–Crippen LogP) is 3.30. The summed E-state index contributed by atoms with van der Waals surface area (Å²) in [6.07, 6.45) is 0. The van der Waals surface area contributed by atoms with E-state index in [1.807, 2.05) is 13.0 Å². The van der Waals surface area contributed by atoms with Crippen LogP contribution in [0.3, 0.4) is 0 Å². The number of nitrogen functional groups attached to an aromatic ring is 1. The minimum absolute atomic E-state index is 0.166. The van der Waals surface area contributed by atoms with E-state index in [4.69, 9.17) is 15.2 Å². The molecule has 0 saturated carbocycles. The predicted molar refractivity (Wildman–Crippen MR) is 72.9 cm³/mol. The van der Waals surface area contributed by atoms with Gasteiger partial charge in [0.15, 0.2) is 0 Å². The largest absolute Gasteiger partial charge is 0.497 e. The van der Waals surface area contributed by atoms with Crippen LogP contribution in [0.1, 0.15) is 11.1 Å². The molecule has 0 aromatic heterocycles. The van der Waals surface area contributed by atoms with E-state index in [0.29, 0.717) is 22.7 Å². The molecule has 0 spiro atoms. The molecule has 2 aromatic carbocycles. The number of benzene rings is 2. The molecule has 0 aliphatic rings. The van der Waals surface area contributed by atoms with Gasteiger partial charge in [0.25, 0.3) is 0 Å². The first-order valence-electron chi connectivity index (χ1n) is 5.91. The third-order valence-electron chi connectivity index (χ3n) is 2.90. The quantitative estimate of drug-likeness (QED) is 0.859. The molecular formula is C15H16FNO2. The van der Waals surface area contributed by atoms with Gasteiger partial charge in [-0.3, -0.25) is 0 Å². The summed E-state index contributed by atoms with van der Waals surface area (Å²) in [4.78, 5) is 0. The first-order chi connectivity index (χ1) is 9.10. The number of anilines is 1. The number of halogens is 1. The fraction of sp³-hybridized carbons (Fsp3) is 0.200. The van der Waals surface area contributed by atoms with Gasteiger partial charge >= 0.3 is 0 Å². The van der Waals surface area contributed by atoms with Crippen molar-refractivity contribution in [3.8, 4) is 11.5 Å². The van der Waals surface area contributed by atoms with Crippen molar-refractivity contribution < 1.29 is 13.9 Å².